The van der Waals surface area contributed by atoms with Crippen molar-refractivity contribution in [3.05, 3.63) is 173 Å². The van der Waals surface area contributed by atoms with E-state index in [2.05, 4.69) is 34.6 Å². The number of amides is 1. The van der Waals surface area contributed by atoms with Crippen LogP contribution in [0.3, 0.4) is 0 Å². The molecule has 6 aromatic rings. The highest BCUT2D eigenvalue weighted by Gasteiger charge is 2.45. The Kier molecular flexibility index (Phi) is 8.51. The number of ether oxygens (including phenoxy) is 1. The Morgan fingerprint density at radius 3 is 2.00 bits per heavy atom. The minimum Gasteiger partial charge on any atom is -0.466 e. The zero-order chi connectivity index (χ0) is 32.1. The number of hydrogen-bond donors (Lipinski definition) is 2. The molecule has 0 radical (unpaired) electrons. The average molecular weight is 610 g/mol. The van der Waals surface area contributed by atoms with Gasteiger partial charge in [-0.1, -0.05) is 103 Å². The molecular weight excluding hydrogens is 574 g/mol. The largest absolute Gasteiger partial charge is 0.466 e. The fraction of sp³-hybridized carbons (Fsp3) is 0.154. The number of hydrogen-bond acceptors (Lipinski definition) is 5. The summed E-state index contributed by atoms with van der Waals surface area (Å²) in [6.45, 7) is 1.93. The van der Waals surface area contributed by atoms with Crippen LogP contribution in [0, 0.1) is 0 Å². The van der Waals surface area contributed by atoms with Gasteiger partial charge in [0, 0.05) is 25.0 Å². The number of aliphatic hydroxyl groups is 1. The summed E-state index contributed by atoms with van der Waals surface area (Å²) >= 11 is 0. The minimum atomic E-state index is -1.80. The standard InChI is InChI=1S/C39H35N3O4/c1-3-46-36(43)26-38(45,33-21-20-28-24-30(37(44)40-2)19-18-29(28)25-33)34-16-10-11-17-35(34)39(42-23-22-41-27-42,31-12-6-4-7-13-31)32-14-8-5-9-15-32/h4-25,27,45H,3,26H2,1-2H3,(H,40,44). The molecule has 7 heteroatoms. The zero-order valence-corrected chi connectivity index (χ0v) is 25.8. The number of benzene rings is 5. The third-order valence-electron chi connectivity index (χ3n) is 8.55. The highest BCUT2D eigenvalue weighted by Crippen LogP contribution is 2.47. The Hall–Kier alpha value is -5.53. The molecule has 0 aliphatic carbocycles. The van der Waals surface area contributed by atoms with Gasteiger partial charge in [0.05, 0.1) is 19.4 Å². The molecule has 1 amide bonds. The van der Waals surface area contributed by atoms with Crippen LogP contribution in [-0.4, -0.2) is 40.2 Å². The molecular formula is C39H35N3O4. The Morgan fingerprint density at radius 2 is 1.39 bits per heavy atom. The molecule has 1 unspecified atom stereocenters. The van der Waals surface area contributed by atoms with Gasteiger partial charge >= 0.3 is 5.97 Å². The van der Waals surface area contributed by atoms with Gasteiger partial charge in [0.25, 0.3) is 5.91 Å². The quantitative estimate of drug-likeness (QED) is 0.138. The second kappa shape index (κ2) is 12.8. The van der Waals surface area contributed by atoms with Crippen molar-refractivity contribution < 1.29 is 19.4 Å². The number of carbonyl (C=O) groups is 2. The van der Waals surface area contributed by atoms with Crippen LogP contribution in [0.1, 0.15) is 51.5 Å². The Balaban J connectivity index is 1.66. The smallest absolute Gasteiger partial charge is 0.309 e. The van der Waals surface area contributed by atoms with Crippen LogP contribution in [0.25, 0.3) is 10.8 Å². The Morgan fingerprint density at radius 1 is 0.783 bits per heavy atom. The first-order chi connectivity index (χ1) is 22.4. The number of fused-ring (bicyclic) bond motifs is 1. The topological polar surface area (TPSA) is 93.5 Å². The Labute approximate surface area is 268 Å². The van der Waals surface area contributed by atoms with Gasteiger partial charge in [-0.25, -0.2) is 4.98 Å². The zero-order valence-electron chi connectivity index (χ0n) is 25.8. The SMILES string of the molecule is CCOC(=O)CC(O)(c1ccc2cc(C(=O)NC)ccc2c1)c1ccccc1C(c1ccccc1)(c1ccccc1)n1ccnc1. The maximum atomic E-state index is 13.3. The maximum Gasteiger partial charge on any atom is 0.309 e. The van der Waals surface area contributed by atoms with Crippen molar-refractivity contribution in [2.75, 3.05) is 13.7 Å². The van der Waals surface area contributed by atoms with E-state index in [-0.39, 0.29) is 18.9 Å². The fourth-order valence-electron chi connectivity index (χ4n) is 6.45. The summed E-state index contributed by atoms with van der Waals surface area (Å²) in [5.74, 6) is -0.709. The van der Waals surface area contributed by atoms with Crippen molar-refractivity contribution in [1.82, 2.24) is 14.9 Å². The molecule has 0 fully saturated rings. The third-order valence-corrected chi connectivity index (χ3v) is 8.55. The van der Waals surface area contributed by atoms with Crippen LogP contribution >= 0.6 is 0 Å². The summed E-state index contributed by atoms with van der Waals surface area (Å²) in [5.41, 5.74) is 1.50. The summed E-state index contributed by atoms with van der Waals surface area (Å²) in [7, 11) is 1.59. The molecule has 1 aromatic heterocycles. The number of nitrogens with zero attached hydrogens (tertiary/aromatic N) is 2. The normalized spacial score (nSPS) is 12.8. The predicted molar refractivity (Wildman–Crippen MR) is 178 cm³/mol. The first kappa shape index (κ1) is 30.5. The van der Waals surface area contributed by atoms with Gasteiger partial charge in [-0.05, 0) is 63.7 Å². The summed E-state index contributed by atoms with van der Waals surface area (Å²) in [5, 5.41) is 17.3. The van der Waals surface area contributed by atoms with E-state index in [4.69, 9.17) is 4.74 Å². The van der Waals surface area contributed by atoms with Crippen LogP contribution in [0.2, 0.25) is 0 Å². The van der Waals surface area contributed by atoms with Crippen molar-refractivity contribution >= 4 is 22.6 Å². The van der Waals surface area contributed by atoms with Crippen LogP contribution in [0.15, 0.2) is 140 Å². The van der Waals surface area contributed by atoms with Gasteiger partial charge < -0.3 is 19.7 Å². The van der Waals surface area contributed by atoms with Crippen LogP contribution in [0.5, 0.6) is 0 Å². The van der Waals surface area contributed by atoms with E-state index in [1.165, 1.54) is 0 Å². The van der Waals surface area contributed by atoms with Crippen LogP contribution < -0.4 is 5.32 Å². The van der Waals surface area contributed by atoms with Crippen LogP contribution in [0.4, 0.5) is 0 Å². The molecule has 2 N–H and O–H groups in total. The lowest BCUT2D eigenvalue weighted by Crippen LogP contribution is -2.41. The lowest BCUT2D eigenvalue weighted by Gasteiger charge is -2.41. The summed E-state index contributed by atoms with van der Waals surface area (Å²) in [4.78, 5) is 30.1. The van der Waals surface area contributed by atoms with E-state index in [0.717, 1.165) is 27.5 Å². The van der Waals surface area contributed by atoms with E-state index in [0.29, 0.717) is 16.7 Å². The van der Waals surface area contributed by atoms with Gasteiger partial charge in [0.1, 0.15) is 11.1 Å². The number of esters is 1. The van der Waals surface area contributed by atoms with E-state index in [1.807, 2.05) is 102 Å². The lowest BCUT2D eigenvalue weighted by atomic mass is 9.70. The monoisotopic (exact) mass is 609 g/mol. The molecule has 1 heterocycles. The number of rotatable bonds is 10. The molecule has 0 saturated carbocycles. The number of nitrogens with one attached hydrogen (secondary N) is 1. The first-order valence-corrected chi connectivity index (χ1v) is 15.3. The second-order valence-corrected chi connectivity index (χ2v) is 11.2. The lowest BCUT2D eigenvalue weighted by molar-refractivity contribution is -0.147. The number of aromatic nitrogens is 2. The minimum absolute atomic E-state index is 0.184. The van der Waals surface area contributed by atoms with Crippen molar-refractivity contribution in [2.24, 2.45) is 0 Å². The second-order valence-electron chi connectivity index (χ2n) is 11.2. The Bertz CT molecular complexity index is 1930. The molecule has 0 aliphatic rings. The van der Waals surface area contributed by atoms with Crippen LogP contribution in [-0.2, 0) is 20.7 Å². The van der Waals surface area contributed by atoms with Crippen molar-refractivity contribution in [3.63, 3.8) is 0 Å². The molecule has 46 heavy (non-hydrogen) atoms. The summed E-state index contributed by atoms with van der Waals surface area (Å²) in [6, 6.07) is 38.9. The molecule has 0 saturated heterocycles. The average Bonchev–Trinajstić information content (AvgIpc) is 3.64. The van der Waals surface area contributed by atoms with Gasteiger partial charge in [0.15, 0.2) is 0 Å². The third kappa shape index (κ3) is 5.35. The molecule has 7 nitrogen and oxygen atoms in total. The predicted octanol–water partition coefficient (Wildman–Crippen LogP) is 6.43. The fourth-order valence-corrected chi connectivity index (χ4v) is 6.45. The first-order valence-electron chi connectivity index (χ1n) is 15.3. The van der Waals surface area contributed by atoms with Gasteiger partial charge in [-0.3, -0.25) is 9.59 Å². The molecule has 230 valence electrons. The molecule has 6 rings (SSSR count). The highest BCUT2D eigenvalue weighted by molar-refractivity contribution is 5.98. The molecule has 5 aromatic carbocycles. The van der Waals surface area contributed by atoms with E-state index in [9.17, 15) is 14.7 Å². The van der Waals surface area contributed by atoms with Gasteiger partial charge in [-0.15, -0.1) is 0 Å². The maximum absolute atomic E-state index is 13.3. The van der Waals surface area contributed by atoms with E-state index in [1.54, 1.807) is 32.6 Å². The molecule has 1 atom stereocenters. The summed E-state index contributed by atoms with van der Waals surface area (Å²) in [6.07, 6.45) is 5.12. The molecule has 0 aliphatic heterocycles. The van der Waals surface area contributed by atoms with E-state index < -0.39 is 17.1 Å². The van der Waals surface area contributed by atoms with Crippen molar-refractivity contribution in [1.29, 1.82) is 0 Å². The van der Waals surface area contributed by atoms with Gasteiger partial charge in [0.2, 0.25) is 0 Å². The number of imidazole rings is 1. The molecule has 0 bridgehead atoms. The van der Waals surface area contributed by atoms with Crippen molar-refractivity contribution in [3.8, 4) is 0 Å². The molecule has 0 spiro atoms. The van der Waals surface area contributed by atoms with Gasteiger partial charge in [-0.2, -0.15) is 0 Å². The van der Waals surface area contributed by atoms with Crippen molar-refractivity contribution in [2.45, 2.75) is 24.5 Å². The summed E-state index contributed by atoms with van der Waals surface area (Å²) < 4.78 is 7.47. The number of carbonyl (C=O) groups excluding carboxylic acids is 2. The van der Waals surface area contributed by atoms with E-state index >= 15 is 0 Å². The highest BCUT2D eigenvalue weighted by atomic mass is 16.5.